The number of carbonyl (C=O) groups excluding carboxylic acids is 1. The lowest BCUT2D eigenvalue weighted by Gasteiger charge is -2.44. The van der Waals surface area contributed by atoms with E-state index >= 15 is 0 Å². The first-order valence-electron chi connectivity index (χ1n) is 10.2. The number of nitrogens with zero attached hydrogens (tertiary/aromatic N) is 2. The number of carbonyl (C=O) groups is 1. The summed E-state index contributed by atoms with van der Waals surface area (Å²) in [6.45, 7) is 8.73. The summed E-state index contributed by atoms with van der Waals surface area (Å²) in [5.74, 6) is 0.745. The molecule has 0 aliphatic carbocycles. The van der Waals surface area contributed by atoms with E-state index in [0.717, 1.165) is 62.6 Å². The number of halogens is 1. The molecule has 2 aliphatic rings. The van der Waals surface area contributed by atoms with Gasteiger partial charge in [-0.3, -0.25) is 4.79 Å². The molecule has 0 bridgehead atoms. The topological polar surface area (TPSA) is 32.8 Å². The van der Waals surface area contributed by atoms with Crippen LogP contribution in [0.25, 0.3) is 0 Å². The van der Waals surface area contributed by atoms with Gasteiger partial charge in [0.15, 0.2) is 0 Å². The first-order valence-corrected chi connectivity index (χ1v) is 10.6. The SMILES string of the molecule is CC(C)[C@H]1C[C@](CC(=O)N2CCN(C)CC2)(Cc2ccccc2Cl)CCO1. The number of hydrogen-bond donors (Lipinski definition) is 0. The van der Waals surface area contributed by atoms with Crippen molar-refractivity contribution in [3.63, 3.8) is 0 Å². The standard InChI is InChI=1S/C22H33ClN2O2/c1-17(2)20-15-22(8-13-27-20,14-18-6-4-5-7-19(18)23)16-21(26)25-11-9-24(3)10-12-25/h4-7,17,20H,8-16H2,1-3H3/t20-,22-/m1/s1. The van der Waals surface area contributed by atoms with E-state index in [1.54, 1.807) is 0 Å². The smallest absolute Gasteiger partial charge is 0.223 e. The molecule has 150 valence electrons. The molecule has 0 spiro atoms. The Bertz CT molecular complexity index is 643. The zero-order valence-corrected chi connectivity index (χ0v) is 17.7. The van der Waals surface area contributed by atoms with Gasteiger partial charge in [-0.1, -0.05) is 43.6 Å². The minimum atomic E-state index is -0.0708. The van der Waals surface area contributed by atoms with E-state index in [-0.39, 0.29) is 11.5 Å². The Labute approximate surface area is 168 Å². The molecule has 3 rings (SSSR count). The number of benzene rings is 1. The lowest BCUT2D eigenvalue weighted by molar-refractivity contribution is -0.139. The molecule has 0 saturated carbocycles. The van der Waals surface area contributed by atoms with E-state index in [4.69, 9.17) is 16.3 Å². The summed E-state index contributed by atoms with van der Waals surface area (Å²) in [4.78, 5) is 17.5. The van der Waals surface area contributed by atoms with Crippen LogP contribution in [-0.4, -0.2) is 61.6 Å². The highest BCUT2D eigenvalue weighted by Crippen LogP contribution is 2.43. The van der Waals surface area contributed by atoms with Crippen LogP contribution in [0.1, 0.15) is 38.7 Å². The van der Waals surface area contributed by atoms with Gasteiger partial charge in [0.05, 0.1) is 6.10 Å². The molecule has 0 unspecified atom stereocenters. The highest BCUT2D eigenvalue weighted by molar-refractivity contribution is 6.31. The van der Waals surface area contributed by atoms with Crippen molar-refractivity contribution >= 4 is 17.5 Å². The van der Waals surface area contributed by atoms with Gasteiger partial charge in [-0.2, -0.15) is 0 Å². The fourth-order valence-corrected chi connectivity index (χ4v) is 4.56. The third-order valence-corrected chi connectivity index (χ3v) is 6.62. The fraction of sp³-hybridized carbons (Fsp3) is 0.682. The van der Waals surface area contributed by atoms with Crippen molar-refractivity contribution in [2.24, 2.45) is 11.3 Å². The zero-order valence-electron chi connectivity index (χ0n) is 16.9. The molecule has 0 radical (unpaired) electrons. The van der Waals surface area contributed by atoms with Crippen molar-refractivity contribution in [1.82, 2.24) is 9.80 Å². The lowest BCUT2D eigenvalue weighted by Crippen LogP contribution is -2.49. The summed E-state index contributed by atoms with van der Waals surface area (Å²) in [5.41, 5.74) is 1.08. The summed E-state index contributed by atoms with van der Waals surface area (Å²) in [5, 5.41) is 0.802. The van der Waals surface area contributed by atoms with E-state index < -0.39 is 0 Å². The second-order valence-electron chi connectivity index (χ2n) is 8.74. The molecule has 1 amide bonds. The predicted octanol–water partition coefficient (Wildman–Crippen LogP) is 3.87. The molecule has 4 nitrogen and oxygen atoms in total. The number of amides is 1. The number of rotatable bonds is 5. The van der Waals surface area contributed by atoms with Crippen LogP contribution in [-0.2, 0) is 16.0 Å². The van der Waals surface area contributed by atoms with Crippen LogP contribution in [0, 0.1) is 11.3 Å². The maximum absolute atomic E-state index is 13.2. The Morgan fingerprint density at radius 2 is 1.96 bits per heavy atom. The molecule has 27 heavy (non-hydrogen) atoms. The van der Waals surface area contributed by atoms with Crippen LogP contribution in [0.15, 0.2) is 24.3 Å². The Morgan fingerprint density at radius 1 is 1.26 bits per heavy atom. The van der Waals surface area contributed by atoms with Crippen molar-refractivity contribution < 1.29 is 9.53 Å². The Kier molecular flexibility index (Phi) is 6.83. The van der Waals surface area contributed by atoms with E-state index in [1.165, 1.54) is 0 Å². The Morgan fingerprint density at radius 3 is 2.63 bits per heavy atom. The quantitative estimate of drug-likeness (QED) is 0.762. The number of hydrogen-bond acceptors (Lipinski definition) is 3. The van der Waals surface area contributed by atoms with E-state index in [2.05, 4.69) is 31.9 Å². The van der Waals surface area contributed by atoms with E-state index in [0.29, 0.717) is 18.2 Å². The van der Waals surface area contributed by atoms with E-state index in [9.17, 15) is 4.79 Å². The highest BCUT2D eigenvalue weighted by Gasteiger charge is 2.41. The molecule has 0 aromatic heterocycles. The monoisotopic (exact) mass is 392 g/mol. The van der Waals surface area contributed by atoms with Crippen LogP contribution >= 0.6 is 11.6 Å². The molecular formula is C22H33ClN2O2. The summed E-state index contributed by atoms with van der Waals surface area (Å²) in [6.07, 6.45) is 3.49. The summed E-state index contributed by atoms with van der Waals surface area (Å²) in [6, 6.07) is 8.06. The van der Waals surface area contributed by atoms with Gasteiger partial charge in [0.25, 0.3) is 0 Å². The van der Waals surface area contributed by atoms with Gasteiger partial charge in [0.1, 0.15) is 0 Å². The third-order valence-electron chi connectivity index (χ3n) is 6.25. The molecule has 1 aromatic carbocycles. The Balaban J connectivity index is 1.79. The van der Waals surface area contributed by atoms with Crippen molar-refractivity contribution in [3.05, 3.63) is 34.9 Å². The van der Waals surface area contributed by atoms with Crippen molar-refractivity contribution in [2.45, 2.75) is 45.6 Å². The second kappa shape index (κ2) is 8.93. The highest BCUT2D eigenvalue weighted by atomic mass is 35.5. The summed E-state index contributed by atoms with van der Waals surface area (Å²) >= 11 is 6.47. The van der Waals surface area contributed by atoms with Crippen molar-refractivity contribution in [1.29, 1.82) is 0 Å². The minimum absolute atomic E-state index is 0.0708. The van der Waals surface area contributed by atoms with Crippen molar-refractivity contribution in [3.8, 4) is 0 Å². The van der Waals surface area contributed by atoms with Crippen LogP contribution in [0.4, 0.5) is 0 Å². The number of piperazine rings is 1. The van der Waals surface area contributed by atoms with Crippen LogP contribution in [0.3, 0.4) is 0 Å². The molecule has 2 fully saturated rings. The maximum Gasteiger partial charge on any atom is 0.223 e. The van der Waals surface area contributed by atoms with E-state index in [1.807, 2.05) is 23.1 Å². The Hall–Kier alpha value is -1.10. The van der Waals surface area contributed by atoms with Gasteiger partial charge in [-0.25, -0.2) is 0 Å². The summed E-state index contributed by atoms with van der Waals surface area (Å²) in [7, 11) is 2.12. The van der Waals surface area contributed by atoms with Crippen LogP contribution in [0.2, 0.25) is 5.02 Å². The molecule has 2 saturated heterocycles. The van der Waals surface area contributed by atoms with Gasteiger partial charge in [-0.05, 0) is 49.3 Å². The molecule has 2 heterocycles. The first-order chi connectivity index (χ1) is 12.9. The van der Waals surface area contributed by atoms with Gasteiger partial charge in [0, 0.05) is 44.2 Å². The van der Waals surface area contributed by atoms with Gasteiger partial charge < -0.3 is 14.5 Å². The fourth-order valence-electron chi connectivity index (χ4n) is 4.36. The largest absolute Gasteiger partial charge is 0.378 e. The number of likely N-dealkylation sites (N-methyl/N-ethyl adjacent to an activating group) is 1. The average molecular weight is 393 g/mol. The molecular weight excluding hydrogens is 360 g/mol. The molecule has 2 aliphatic heterocycles. The number of ether oxygens (including phenoxy) is 1. The molecule has 0 N–H and O–H groups in total. The van der Waals surface area contributed by atoms with Gasteiger partial charge >= 0.3 is 0 Å². The summed E-state index contributed by atoms with van der Waals surface area (Å²) < 4.78 is 6.04. The normalized spacial score (nSPS) is 27.1. The molecule has 1 aromatic rings. The average Bonchev–Trinajstić information content (AvgIpc) is 2.64. The molecule has 2 atom stereocenters. The van der Waals surface area contributed by atoms with Crippen LogP contribution in [0.5, 0.6) is 0 Å². The van der Waals surface area contributed by atoms with Gasteiger partial charge in [-0.15, -0.1) is 0 Å². The van der Waals surface area contributed by atoms with Crippen LogP contribution < -0.4 is 0 Å². The maximum atomic E-state index is 13.2. The predicted molar refractivity (Wildman–Crippen MR) is 110 cm³/mol. The second-order valence-corrected chi connectivity index (χ2v) is 9.14. The molecule has 5 heteroatoms. The third kappa shape index (κ3) is 5.24. The van der Waals surface area contributed by atoms with Crippen molar-refractivity contribution in [2.75, 3.05) is 39.8 Å². The lowest BCUT2D eigenvalue weighted by atomic mass is 9.69. The minimum Gasteiger partial charge on any atom is -0.378 e. The zero-order chi connectivity index (χ0) is 19.4. The van der Waals surface area contributed by atoms with Gasteiger partial charge in [0.2, 0.25) is 5.91 Å². The first kappa shape index (κ1) is 20.6.